The predicted molar refractivity (Wildman–Crippen MR) is 423 cm³/mol. The second-order valence-corrected chi connectivity index (χ2v) is 32.4. The molecule has 1 radical (unpaired) electrons. The van der Waals surface area contributed by atoms with Gasteiger partial charge in [-0.1, -0.05) is 131 Å². The molecule has 11 aromatic rings. The number of rotatable bonds is 18. The minimum absolute atomic E-state index is 0. The number of nitrogens with one attached hydrogen (secondary N) is 6. The fourth-order valence-electron chi connectivity index (χ4n) is 11.2. The molecule has 3 aromatic heterocycles. The summed E-state index contributed by atoms with van der Waals surface area (Å²) in [6, 6.07) is 47.3. The van der Waals surface area contributed by atoms with Gasteiger partial charge in [0, 0.05) is 109 Å². The van der Waals surface area contributed by atoms with Crippen molar-refractivity contribution in [2.75, 3.05) is 58.4 Å². The van der Waals surface area contributed by atoms with E-state index in [9.17, 15) is 58.4 Å². The summed E-state index contributed by atoms with van der Waals surface area (Å²) < 4.78 is 118. The maximum atomic E-state index is 15.1. The summed E-state index contributed by atoms with van der Waals surface area (Å²) in [5, 5.41) is 21.1. The number of amides is 6. The van der Waals surface area contributed by atoms with E-state index in [1.54, 1.807) is 117 Å². The summed E-state index contributed by atoms with van der Waals surface area (Å²) in [7, 11) is -10.7. The minimum atomic E-state index is -3.57. The third-order valence-corrected chi connectivity index (χ3v) is 20.9. The SMILES string of the molecule is CS(=O)(=O)c1ccccc1-c1ccc(C(=O)NC2=C(C(=O)Nc3ccc(Cl)cn3)CC[N-]C2)c(F)c1.Cc1cc(Cl)c(NC(=O)c2ccc(-c3ccccc3S(C)(=O)=O)cc2F)c(C(=O)Nc2ccc(Cl)cn2)c1.Cc1ccc(NC(=O)c2ccc(-c3ccccc3S(C)(=O)=O)cc2F)c(C(=O)Nc2ccc(Cl)cn2)c1.[Ac]. The summed E-state index contributed by atoms with van der Waals surface area (Å²) in [5.74, 6) is -5.74. The van der Waals surface area contributed by atoms with E-state index < -0.39 is 82.4 Å². The molecule has 0 fully saturated rings. The summed E-state index contributed by atoms with van der Waals surface area (Å²) in [4.78, 5) is 89.9. The number of benzene rings is 8. The second kappa shape index (κ2) is 37.5. The third kappa shape index (κ3) is 22.2. The normalized spacial score (nSPS) is 11.9. The van der Waals surface area contributed by atoms with Gasteiger partial charge in [0.25, 0.3) is 35.4 Å². The van der Waals surface area contributed by atoms with Crippen molar-refractivity contribution in [3.63, 3.8) is 0 Å². The van der Waals surface area contributed by atoms with Crippen LogP contribution in [0.2, 0.25) is 20.1 Å². The Morgan fingerprint density at radius 1 is 0.393 bits per heavy atom. The van der Waals surface area contributed by atoms with E-state index >= 15 is 8.78 Å². The molecule has 1 aliphatic rings. The molecule has 0 spiro atoms. The number of sulfone groups is 3. The van der Waals surface area contributed by atoms with E-state index in [-0.39, 0.29) is 132 Å². The zero-order chi connectivity index (χ0) is 80.2. The molecule has 33 heteroatoms. The molecular weight excluding hydrogens is 1800 g/mol. The molecule has 0 aliphatic carbocycles. The molecule has 0 bridgehead atoms. The van der Waals surface area contributed by atoms with Gasteiger partial charge in [0.05, 0.1) is 74.0 Å². The Kier molecular flexibility index (Phi) is 28.8. The van der Waals surface area contributed by atoms with Crippen LogP contribution in [0.1, 0.15) is 69.3 Å². The molecular formula is C79H62AcCl4F3N10O12S3-. The number of hydrogen-bond acceptors (Lipinski definition) is 15. The van der Waals surface area contributed by atoms with Crippen molar-refractivity contribution < 1.29 is 111 Å². The van der Waals surface area contributed by atoms with Crippen LogP contribution >= 0.6 is 46.4 Å². The maximum absolute atomic E-state index is 15.1. The number of aryl methyl sites for hydroxylation is 2. The maximum Gasteiger partial charge on any atom is 0.258 e. The fourth-order valence-corrected chi connectivity index (χ4v) is 14.6. The van der Waals surface area contributed by atoms with Crippen LogP contribution in [0, 0.1) is 75.4 Å². The van der Waals surface area contributed by atoms with Crippen LogP contribution in [0.15, 0.2) is 239 Å². The number of carbonyl (C=O) groups excluding carboxylic acids is 6. The predicted octanol–water partition coefficient (Wildman–Crippen LogP) is 16.5. The molecule has 0 saturated carbocycles. The summed E-state index contributed by atoms with van der Waals surface area (Å²) in [5.41, 5.74) is 3.37. The van der Waals surface area contributed by atoms with Gasteiger partial charge in [-0.3, -0.25) is 28.8 Å². The zero-order valence-electron chi connectivity index (χ0n) is 59.5. The standard InChI is InChI=1S/C27H20Cl2FN3O4S.C27H21ClFN3O4S.C25H21ClFN4O4S.Ac/c1-15-11-20(27(35)32-24-10-8-17(28)14-31-24)25(21(29)12-15)33-26(34)19-9-7-16(13-22(19)30)18-5-3-4-6-23(18)38(2,36)37;1-16-7-11-23(21(13-16)27(34)32-25-12-9-18(28)15-30-25)31-26(33)20-10-8-17(14-22(20)29)19-5-3-4-6-24(19)37(2,35)36;1-36(34,35)22-5-3-2-4-17(22)15-6-8-18(20(27)12-15)24(32)30-21-14-28-11-10-19(21)25(33)31-23-9-7-16(26)13-29-23;/h3-14H,1-2H3,(H,33,34)(H,31,32,35);3-15H,1-2H3,(H,31,33)(H,30,32,34);2-9,12-13H,10-11,14H2,1H3,(H,30,32)(H,29,31,33);/q;;-1;. The van der Waals surface area contributed by atoms with E-state index in [1.807, 2.05) is 0 Å². The molecule has 8 aromatic carbocycles. The molecule has 4 heterocycles. The van der Waals surface area contributed by atoms with E-state index in [2.05, 4.69) is 52.2 Å². The van der Waals surface area contributed by atoms with E-state index in [4.69, 9.17) is 46.4 Å². The molecule has 0 atom stereocenters. The molecule has 112 heavy (non-hydrogen) atoms. The molecule has 6 amide bonds. The van der Waals surface area contributed by atoms with Crippen molar-refractivity contribution in [3.05, 3.63) is 306 Å². The monoisotopic (exact) mass is 1860 g/mol. The Balaban J connectivity index is 0.000000192. The molecule has 22 nitrogen and oxygen atoms in total. The van der Waals surface area contributed by atoms with Crippen LogP contribution in [0.3, 0.4) is 0 Å². The summed E-state index contributed by atoms with van der Waals surface area (Å²) in [6.45, 7) is 4.00. The van der Waals surface area contributed by atoms with Crippen LogP contribution in [0.25, 0.3) is 38.7 Å². The number of halogens is 7. The third-order valence-electron chi connectivity index (χ3n) is 16.4. The number of pyridine rings is 3. The van der Waals surface area contributed by atoms with Crippen molar-refractivity contribution >= 4 is 140 Å². The van der Waals surface area contributed by atoms with Crippen LogP contribution in [-0.2, 0) is 34.3 Å². The van der Waals surface area contributed by atoms with E-state index in [0.717, 1.165) is 42.5 Å². The van der Waals surface area contributed by atoms with Gasteiger partial charge in [0.1, 0.15) is 34.9 Å². The number of carbonyl (C=O) groups is 6. The Morgan fingerprint density at radius 2 is 0.759 bits per heavy atom. The second-order valence-electron chi connectivity index (χ2n) is 24.7. The average Bonchev–Trinajstić information content (AvgIpc) is 0.799. The topological polar surface area (TPSA) is 330 Å². The summed E-state index contributed by atoms with van der Waals surface area (Å²) in [6.07, 6.45) is 7.64. The van der Waals surface area contributed by atoms with Gasteiger partial charge in [-0.15, -0.1) is 13.1 Å². The van der Waals surface area contributed by atoms with Crippen molar-refractivity contribution in [3.8, 4) is 33.4 Å². The molecule has 12 rings (SSSR count). The van der Waals surface area contributed by atoms with Gasteiger partial charge < -0.3 is 37.2 Å². The molecule has 0 unspecified atom stereocenters. The van der Waals surface area contributed by atoms with Crippen LogP contribution in [-0.4, -0.2) is 108 Å². The number of aromatic nitrogens is 3. The number of nitrogens with zero attached hydrogens (tertiary/aromatic N) is 4. The first-order valence-electron chi connectivity index (χ1n) is 32.9. The fraction of sp³-hybridized carbons (Fsp3) is 0.101. The summed E-state index contributed by atoms with van der Waals surface area (Å²) >= 11 is 23.8. The Bertz CT molecular complexity index is 5920. The smallest absolute Gasteiger partial charge is 0.258 e. The molecule has 0 saturated heterocycles. The van der Waals surface area contributed by atoms with Gasteiger partial charge >= 0.3 is 0 Å². The van der Waals surface area contributed by atoms with Crippen molar-refractivity contribution in [2.45, 2.75) is 35.0 Å². The minimum Gasteiger partial charge on any atom is -0.657 e. The van der Waals surface area contributed by atoms with Crippen LogP contribution < -0.4 is 31.9 Å². The van der Waals surface area contributed by atoms with E-state index in [0.29, 0.717) is 72.8 Å². The van der Waals surface area contributed by atoms with Crippen LogP contribution in [0.4, 0.5) is 42.0 Å². The first-order valence-corrected chi connectivity index (χ1v) is 40.0. The van der Waals surface area contributed by atoms with Crippen molar-refractivity contribution in [1.29, 1.82) is 0 Å². The van der Waals surface area contributed by atoms with E-state index in [1.165, 1.54) is 91.4 Å². The van der Waals surface area contributed by atoms with Gasteiger partial charge in [-0.25, -0.2) is 53.4 Å². The first kappa shape index (κ1) is 86.0. The van der Waals surface area contributed by atoms with Crippen molar-refractivity contribution in [2.24, 2.45) is 0 Å². The largest absolute Gasteiger partial charge is 0.657 e. The van der Waals surface area contributed by atoms with Crippen molar-refractivity contribution in [1.82, 2.24) is 20.3 Å². The van der Waals surface area contributed by atoms with Crippen LogP contribution in [0.5, 0.6) is 0 Å². The van der Waals surface area contributed by atoms with Gasteiger partial charge in [-0.05, 0) is 158 Å². The zero-order valence-corrected chi connectivity index (χ0v) is 69.7. The molecule has 1 aliphatic heterocycles. The Morgan fingerprint density at radius 3 is 1.15 bits per heavy atom. The van der Waals surface area contributed by atoms with Gasteiger partial charge in [-0.2, -0.15) is 0 Å². The molecule has 571 valence electrons. The first-order chi connectivity index (χ1) is 52.6. The Hall–Kier alpha value is -10.0. The average molecular weight is 1870 g/mol. The Labute approximate surface area is 697 Å². The quantitative estimate of drug-likeness (QED) is 0.0465. The van der Waals surface area contributed by atoms with Gasteiger partial charge in [0.2, 0.25) is 0 Å². The number of anilines is 5. The molecule has 6 N–H and O–H groups in total. The number of hydrogen-bond donors (Lipinski definition) is 6. The van der Waals surface area contributed by atoms with Gasteiger partial charge in [0.15, 0.2) is 29.5 Å².